The maximum Gasteiger partial charge on any atom is 0.410 e. The van der Waals surface area contributed by atoms with Gasteiger partial charge in [-0.15, -0.1) is 0 Å². The summed E-state index contributed by atoms with van der Waals surface area (Å²) >= 11 is 0. The summed E-state index contributed by atoms with van der Waals surface area (Å²) in [6, 6.07) is 4.21. The highest BCUT2D eigenvalue weighted by molar-refractivity contribution is 5.76. The van der Waals surface area contributed by atoms with Crippen LogP contribution >= 0.6 is 0 Å². The molecule has 0 aliphatic carbocycles. The minimum atomic E-state index is -0.471. The summed E-state index contributed by atoms with van der Waals surface area (Å²) in [5.74, 6) is 0. The molecule has 1 fully saturated rings. The molecule has 1 aliphatic rings. The van der Waals surface area contributed by atoms with Gasteiger partial charge in [-0.2, -0.15) is 10.2 Å². The topological polar surface area (TPSA) is 67.9 Å². The molecule has 0 bridgehead atoms. The van der Waals surface area contributed by atoms with E-state index in [4.69, 9.17) is 4.74 Å². The number of anilines is 1. The third-order valence-corrected chi connectivity index (χ3v) is 5.31. The van der Waals surface area contributed by atoms with Crippen LogP contribution in [-0.2, 0) is 11.8 Å². The molecule has 8 nitrogen and oxygen atoms in total. The van der Waals surface area contributed by atoms with Crippen molar-refractivity contribution in [1.29, 1.82) is 0 Å². The molecular weight excluding hydrogens is 368 g/mol. The number of ether oxygens (including phenoxy) is 1. The molecule has 0 saturated carbocycles. The van der Waals surface area contributed by atoms with Gasteiger partial charge in [-0.1, -0.05) is 6.07 Å². The van der Waals surface area contributed by atoms with Crippen LogP contribution in [0.3, 0.4) is 0 Å². The van der Waals surface area contributed by atoms with E-state index in [0.29, 0.717) is 13.1 Å². The highest BCUT2D eigenvalue weighted by Crippen LogP contribution is 2.28. The lowest BCUT2D eigenvalue weighted by Crippen LogP contribution is -2.50. The predicted molar refractivity (Wildman–Crippen MR) is 112 cm³/mol. The Morgan fingerprint density at radius 3 is 2.41 bits per heavy atom. The van der Waals surface area contributed by atoms with Crippen LogP contribution in [0.1, 0.15) is 26.5 Å². The normalized spacial score (nSPS) is 15.2. The molecular formula is C21H28N6O2. The Hall–Kier alpha value is -3.03. The van der Waals surface area contributed by atoms with E-state index in [2.05, 4.69) is 34.2 Å². The van der Waals surface area contributed by atoms with Gasteiger partial charge >= 0.3 is 6.09 Å². The van der Waals surface area contributed by atoms with Crippen LogP contribution in [-0.4, -0.2) is 62.2 Å². The number of aryl methyl sites for hydroxylation is 1. The molecule has 0 radical (unpaired) electrons. The van der Waals surface area contributed by atoms with Crippen molar-refractivity contribution in [2.75, 3.05) is 31.1 Å². The molecule has 0 N–H and O–H groups in total. The van der Waals surface area contributed by atoms with Crippen molar-refractivity contribution < 1.29 is 9.53 Å². The summed E-state index contributed by atoms with van der Waals surface area (Å²) < 4.78 is 9.27. The molecule has 0 spiro atoms. The molecule has 1 amide bonds. The van der Waals surface area contributed by atoms with Gasteiger partial charge in [-0.3, -0.25) is 4.68 Å². The van der Waals surface area contributed by atoms with Gasteiger partial charge in [-0.05, 0) is 33.8 Å². The van der Waals surface area contributed by atoms with Crippen molar-refractivity contribution in [1.82, 2.24) is 24.3 Å². The van der Waals surface area contributed by atoms with Gasteiger partial charge < -0.3 is 14.5 Å². The van der Waals surface area contributed by atoms with E-state index in [0.717, 1.165) is 41.1 Å². The van der Waals surface area contributed by atoms with Crippen LogP contribution in [0.25, 0.3) is 16.6 Å². The first-order valence-electron chi connectivity index (χ1n) is 9.92. The van der Waals surface area contributed by atoms with E-state index < -0.39 is 5.60 Å². The molecule has 3 aromatic rings. The van der Waals surface area contributed by atoms with E-state index >= 15 is 0 Å². The first kappa shape index (κ1) is 19.3. The number of piperazine rings is 1. The monoisotopic (exact) mass is 396 g/mol. The third-order valence-electron chi connectivity index (χ3n) is 5.31. The van der Waals surface area contributed by atoms with Crippen molar-refractivity contribution in [2.45, 2.75) is 33.3 Å². The molecule has 0 unspecified atom stereocenters. The number of pyridine rings is 1. The van der Waals surface area contributed by atoms with Gasteiger partial charge in [0, 0.05) is 56.2 Å². The molecule has 0 aromatic carbocycles. The number of aromatic nitrogens is 4. The van der Waals surface area contributed by atoms with Crippen molar-refractivity contribution >= 4 is 17.3 Å². The number of hydrogen-bond acceptors (Lipinski definition) is 5. The smallest absolute Gasteiger partial charge is 0.410 e. The molecule has 4 heterocycles. The summed E-state index contributed by atoms with van der Waals surface area (Å²) in [4.78, 5) is 16.3. The van der Waals surface area contributed by atoms with Crippen LogP contribution < -0.4 is 4.90 Å². The zero-order valence-corrected chi connectivity index (χ0v) is 17.7. The number of hydrogen-bond donors (Lipinski definition) is 0. The Bertz CT molecular complexity index is 1040. The molecule has 8 heteroatoms. The number of nitrogens with zero attached hydrogens (tertiary/aromatic N) is 6. The fourth-order valence-corrected chi connectivity index (χ4v) is 3.61. The zero-order valence-electron chi connectivity index (χ0n) is 17.7. The van der Waals surface area contributed by atoms with Gasteiger partial charge in [0.2, 0.25) is 0 Å². The summed E-state index contributed by atoms with van der Waals surface area (Å²) in [6.45, 7) is 10.5. The molecule has 0 atom stereocenters. The average Bonchev–Trinajstić information content (AvgIpc) is 3.24. The lowest BCUT2D eigenvalue weighted by atomic mass is 10.1. The Kier molecular flexibility index (Phi) is 4.72. The minimum absolute atomic E-state index is 0.242. The van der Waals surface area contributed by atoms with Crippen LogP contribution in [0.2, 0.25) is 0 Å². The zero-order chi connectivity index (χ0) is 20.8. The number of carbonyl (C=O) groups is 1. The fourth-order valence-electron chi connectivity index (χ4n) is 3.61. The molecule has 29 heavy (non-hydrogen) atoms. The van der Waals surface area contributed by atoms with Crippen molar-refractivity contribution in [3.05, 3.63) is 36.4 Å². The summed E-state index contributed by atoms with van der Waals surface area (Å²) in [6.07, 6.45) is 5.59. The van der Waals surface area contributed by atoms with Gasteiger partial charge in [0.25, 0.3) is 0 Å². The molecule has 1 aliphatic heterocycles. The van der Waals surface area contributed by atoms with Crippen LogP contribution in [0, 0.1) is 6.92 Å². The Morgan fingerprint density at radius 1 is 1.07 bits per heavy atom. The Labute approximate surface area is 170 Å². The van der Waals surface area contributed by atoms with E-state index in [9.17, 15) is 4.79 Å². The summed E-state index contributed by atoms with van der Waals surface area (Å²) in [5, 5.41) is 8.89. The first-order valence-corrected chi connectivity index (χ1v) is 9.92. The van der Waals surface area contributed by atoms with Gasteiger partial charge in [-0.25, -0.2) is 9.31 Å². The van der Waals surface area contributed by atoms with E-state index in [1.54, 1.807) is 4.90 Å². The number of amides is 1. The van der Waals surface area contributed by atoms with Crippen LogP contribution in [0.5, 0.6) is 0 Å². The SMILES string of the molecule is Cc1c(-c2ccc3c(N4CCN(C(=O)OC(C)(C)C)CC4)cnn3c2)cnn1C. The van der Waals surface area contributed by atoms with E-state index in [-0.39, 0.29) is 6.09 Å². The lowest BCUT2D eigenvalue weighted by Gasteiger charge is -2.36. The second-order valence-corrected chi connectivity index (χ2v) is 8.50. The van der Waals surface area contributed by atoms with Crippen LogP contribution in [0.15, 0.2) is 30.7 Å². The van der Waals surface area contributed by atoms with E-state index in [1.807, 2.05) is 55.6 Å². The summed E-state index contributed by atoms with van der Waals surface area (Å²) in [7, 11) is 1.94. The third kappa shape index (κ3) is 3.79. The van der Waals surface area contributed by atoms with Gasteiger partial charge in [0.05, 0.1) is 23.6 Å². The second-order valence-electron chi connectivity index (χ2n) is 8.50. The molecule has 4 rings (SSSR count). The average molecular weight is 396 g/mol. The highest BCUT2D eigenvalue weighted by atomic mass is 16.6. The number of carbonyl (C=O) groups excluding carboxylic acids is 1. The minimum Gasteiger partial charge on any atom is -0.444 e. The van der Waals surface area contributed by atoms with Gasteiger partial charge in [0.15, 0.2) is 0 Å². The van der Waals surface area contributed by atoms with Gasteiger partial charge in [0.1, 0.15) is 5.60 Å². The largest absolute Gasteiger partial charge is 0.444 e. The predicted octanol–water partition coefficient (Wildman–Crippen LogP) is 3.10. The fraction of sp³-hybridized carbons (Fsp3) is 0.476. The van der Waals surface area contributed by atoms with Crippen molar-refractivity contribution in [2.24, 2.45) is 7.05 Å². The Morgan fingerprint density at radius 2 is 1.79 bits per heavy atom. The Balaban J connectivity index is 1.50. The lowest BCUT2D eigenvalue weighted by molar-refractivity contribution is 0.0240. The molecule has 154 valence electrons. The van der Waals surface area contributed by atoms with Crippen LogP contribution in [0.4, 0.5) is 10.5 Å². The first-order chi connectivity index (χ1) is 13.7. The van der Waals surface area contributed by atoms with Crippen molar-refractivity contribution in [3.8, 4) is 11.1 Å². The number of rotatable bonds is 2. The second kappa shape index (κ2) is 7.09. The maximum absolute atomic E-state index is 12.3. The quantitative estimate of drug-likeness (QED) is 0.666. The number of fused-ring (bicyclic) bond motifs is 1. The standard InChI is InChI=1S/C21H28N6O2/c1-15-17(12-22-24(15)5)16-6-7-18-19(13-23-27(18)14-16)25-8-10-26(11-9-25)20(28)29-21(2,3)4/h6-7,12-14H,8-11H2,1-5H3. The van der Waals surface area contributed by atoms with Crippen molar-refractivity contribution in [3.63, 3.8) is 0 Å². The highest BCUT2D eigenvalue weighted by Gasteiger charge is 2.27. The molecule has 1 saturated heterocycles. The summed E-state index contributed by atoms with van der Waals surface area (Å²) in [5.41, 5.74) is 4.99. The molecule has 3 aromatic heterocycles. The maximum atomic E-state index is 12.3. The van der Waals surface area contributed by atoms with E-state index in [1.165, 1.54) is 0 Å².